The monoisotopic (exact) mass is 516 g/mol. The maximum absolute atomic E-state index is 13.5. The van der Waals surface area contributed by atoms with Crippen molar-refractivity contribution in [3.05, 3.63) is 60.0 Å². The van der Waals surface area contributed by atoms with Gasteiger partial charge in [-0.2, -0.15) is 10.1 Å². The summed E-state index contributed by atoms with van der Waals surface area (Å²) in [7, 11) is 1.64. The fourth-order valence-corrected chi connectivity index (χ4v) is 4.75. The van der Waals surface area contributed by atoms with E-state index < -0.39 is 5.91 Å². The van der Waals surface area contributed by atoms with E-state index in [1.165, 1.54) is 10.9 Å². The molecule has 3 aromatic heterocycles. The van der Waals surface area contributed by atoms with Gasteiger partial charge in [0.15, 0.2) is 0 Å². The van der Waals surface area contributed by atoms with Crippen molar-refractivity contribution in [2.24, 2.45) is 7.05 Å². The second-order valence-corrected chi connectivity index (χ2v) is 9.15. The molecule has 4 aromatic rings. The van der Waals surface area contributed by atoms with E-state index in [4.69, 9.17) is 19.4 Å². The van der Waals surface area contributed by atoms with Gasteiger partial charge in [0.05, 0.1) is 43.9 Å². The van der Waals surface area contributed by atoms with Crippen molar-refractivity contribution in [3.63, 3.8) is 0 Å². The Morgan fingerprint density at radius 3 is 2.39 bits per heavy atom. The summed E-state index contributed by atoms with van der Waals surface area (Å²) in [5.41, 5.74) is 2.84. The molecule has 2 aliphatic heterocycles. The molecule has 5 heterocycles. The Labute approximate surface area is 218 Å². The van der Waals surface area contributed by atoms with Crippen LogP contribution in [0.15, 0.2) is 48.8 Å². The highest BCUT2D eigenvalue weighted by molar-refractivity contribution is 6.11. The number of aromatic nitrogens is 5. The molecule has 196 valence electrons. The number of carbonyl (C=O) groups excluding carboxylic acids is 2. The first-order valence-corrected chi connectivity index (χ1v) is 12.6. The van der Waals surface area contributed by atoms with E-state index in [9.17, 15) is 9.59 Å². The molecule has 2 amide bonds. The predicted molar refractivity (Wildman–Crippen MR) is 139 cm³/mol. The molecule has 2 fully saturated rings. The Bertz CT molecular complexity index is 1470. The Balaban J connectivity index is 1.35. The lowest BCUT2D eigenvalue weighted by Gasteiger charge is -2.28. The molecule has 2 aliphatic rings. The fourth-order valence-electron chi connectivity index (χ4n) is 4.75. The molecule has 6 rings (SSSR count). The maximum atomic E-state index is 13.5. The number of hydrogen-bond acceptors (Lipinski definition) is 8. The van der Waals surface area contributed by atoms with Crippen LogP contribution in [0.4, 0.5) is 11.8 Å². The van der Waals surface area contributed by atoms with Crippen LogP contribution in [0.3, 0.4) is 0 Å². The third-order valence-corrected chi connectivity index (χ3v) is 6.72. The average molecular weight is 517 g/mol. The summed E-state index contributed by atoms with van der Waals surface area (Å²) in [6.07, 6.45) is 3.39. The Kier molecular flexibility index (Phi) is 6.48. The number of anilines is 2. The van der Waals surface area contributed by atoms with Gasteiger partial charge in [0, 0.05) is 51.1 Å². The quantitative estimate of drug-likeness (QED) is 0.426. The van der Waals surface area contributed by atoms with Crippen molar-refractivity contribution in [1.82, 2.24) is 29.0 Å². The van der Waals surface area contributed by atoms with Gasteiger partial charge in [-0.05, 0) is 0 Å². The lowest BCUT2D eigenvalue weighted by atomic mass is 10.2. The van der Waals surface area contributed by atoms with E-state index in [0.717, 1.165) is 11.3 Å². The standard InChI is InChI=1S/C26H28N8O4/c1-31-23(19(16-27-31)25(36)32-7-11-37-12-8-32)24(35)29-21-15-22-28-20(18-5-3-2-4-6-18)17-34(22)26(30-21)33-9-13-38-14-10-33/h2-6,15-17H,7-14H2,1H3,(H,29,35). The number of hydrogen-bond donors (Lipinski definition) is 1. The van der Waals surface area contributed by atoms with Gasteiger partial charge in [-0.3, -0.25) is 18.7 Å². The number of ether oxygens (including phenoxy) is 2. The van der Waals surface area contributed by atoms with Gasteiger partial charge in [-0.15, -0.1) is 0 Å². The third kappa shape index (κ3) is 4.59. The van der Waals surface area contributed by atoms with Crippen LogP contribution >= 0.6 is 0 Å². The molecule has 0 unspecified atom stereocenters. The molecule has 12 nitrogen and oxygen atoms in total. The number of benzene rings is 1. The molecule has 0 bridgehead atoms. The van der Waals surface area contributed by atoms with Crippen molar-refractivity contribution >= 4 is 29.2 Å². The number of aryl methyl sites for hydroxylation is 1. The number of nitrogens with one attached hydrogen (secondary N) is 1. The summed E-state index contributed by atoms with van der Waals surface area (Å²) < 4.78 is 14.2. The van der Waals surface area contributed by atoms with Crippen molar-refractivity contribution in [1.29, 1.82) is 0 Å². The Hall–Kier alpha value is -4.29. The Morgan fingerprint density at radius 2 is 1.66 bits per heavy atom. The summed E-state index contributed by atoms with van der Waals surface area (Å²) >= 11 is 0. The highest BCUT2D eigenvalue weighted by Gasteiger charge is 2.28. The van der Waals surface area contributed by atoms with Crippen LogP contribution in [0.2, 0.25) is 0 Å². The number of carbonyl (C=O) groups is 2. The van der Waals surface area contributed by atoms with Crippen molar-refractivity contribution in [2.45, 2.75) is 0 Å². The van der Waals surface area contributed by atoms with Crippen LogP contribution in [0.5, 0.6) is 0 Å². The predicted octanol–water partition coefficient (Wildman–Crippen LogP) is 1.69. The highest BCUT2D eigenvalue weighted by atomic mass is 16.5. The van der Waals surface area contributed by atoms with Crippen LogP contribution in [-0.4, -0.2) is 93.5 Å². The summed E-state index contributed by atoms with van der Waals surface area (Å²) in [4.78, 5) is 40.0. The zero-order chi connectivity index (χ0) is 26.1. The van der Waals surface area contributed by atoms with Gasteiger partial charge in [-0.25, -0.2) is 4.98 Å². The van der Waals surface area contributed by atoms with Gasteiger partial charge >= 0.3 is 0 Å². The fraction of sp³-hybridized carbons (Fsp3) is 0.346. The average Bonchev–Trinajstić information content (AvgIpc) is 3.57. The molecule has 2 saturated heterocycles. The van der Waals surface area contributed by atoms with E-state index in [0.29, 0.717) is 70.0 Å². The Morgan fingerprint density at radius 1 is 0.947 bits per heavy atom. The minimum absolute atomic E-state index is 0.171. The summed E-state index contributed by atoms with van der Waals surface area (Å²) in [6.45, 7) is 4.38. The smallest absolute Gasteiger partial charge is 0.275 e. The van der Waals surface area contributed by atoms with Crippen molar-refractivity contribution in [2.75, 3.05) is 62.8 Å². The topological polar surface area (TPSA) is 119 Å². The van der Waals surface area contributed by atoms with E-state index in [-0.39, 0.29) is 17.2 Å². The number of imidazole rings is 1. The number of rotatable bonds is 5. The van der Waals surface area contributed by atoms with Crippen LogP contribution in [0.25, 0.3) is 16.9 Å². The number of morpholine rings is 2. The lowest BCUT2D eigenvalue weighted by Crippen LogP contribution is -2.41. The minimum Gasteiger partial charge on any atom is -0.378 e. The molecule has 0 saturated carbocycles. The van der Waals surface area contributed by atoms with Gasteiger partial charge in [0.2, 0.25) is 5.95 Å². The molecule has 0 aliphatic carbocycles. The van der Waals surface area contributed by atoms with Gasteiger partial charge in [-0.1, -0.05) is 30.3 Å². The first-order chi connectivity index (χ1) is 18.6. The molecule has 38 heavy (non-hydrogen) atoms. The van der Waals surface area contributed by atoms with E-state index in [2.05, 4.69) is 15.3 Å². The molecule has 0 atom stereocenters. The zero-order valence-electron chi connectivity index (χ0n) is 21.0. The largest absolute Gasteiger partial charge is 0.378 e. The molecular weight excluding hydrogens is 488 g/mol. The second kappa shape index (κ2) is 10.2. The van der Waals surface area contributed by atoms with Crippen LogP contribution < -0.4 is 10.2 Å². The first-order valence-electron chi connectivity index (χ1n) is 12.6. The molecule has 0 radical (unpaired) electrons. The maximum Gasteiger partial charge on any atom is 0.275 e. The normalized spacial score (nSPS) is 16.1. The van der Waals surface area contributed by atoms with Gasteiger partial charge < -0.3 is 24.6 Å². The second-order valence-electron chi connectivity index (χ2n) is 9.15. The molecule has 1 N–H and O–H groups in total. The number of nitrogens with zero attached hydrogens (tertiary/aromatic N) is 7. The van der Waals surface area contributed by atoms with Crippen LogP contribution in [-0.2, 0) is 16.5 Å². The summed E-state index contributed by atoms with van der Waals surface area (Å²) in [5.74, 6) is 0.275. The number of amides is 2. The van der Waals surface area contributed by atoms with E-state index in [1.54, 1.807) is 18.0 Å². The van der Waals surface area contributed by atoms with Crippen molar-refractivity contribution < 1.29 is 19.1 Å². The number of fused-ring (bicyclic) bond motifs is 1. The zero-order valence-corrected chi connectivity index (χ0v) is 21.0. The highest BCUT2D eigenvalue weighted by Crippen LogP contribution is 2.26. The van der Waals surface area contributed by atoms with Crippen molar-refractivity contribution in [3.8, 4) is 11.3 Å². The van der Waals surface area contributed by atoms with Gasteiger partial charge in [0.1, 0.15) is 17.2 Å². The molecule has 0 spiro atoms. The minimum atomic E-state index is -0.471. The lowest BCUT2D eigenvalue weighted by molar-refractivity contribution is 0.0302. The molecular formula is C26H28N8O4. The molecule has 12 heteroatoms. The first kappa shape index (κ1) is 24.1. The van der Waals surface area contributed by atoms with E-state index >= 15 is 0 Å². The van der Waals surface area contributed by atoms with E-state index in [1.807, 2.05) is 40.9 Å². The summed E-state index contributed by atoms with van der Waals surface area (Å²) in [6, 6.07) is 11.6. The summed E-state index contributed by atoms with van der Waals surface area (Å²) in [5, 5.41) is 7.08. The SMILES string of the molecule is Cn1ncc(C(=O)N2CCOCC2)c1C(=O)Nc1cc2nc(-c3ccccc3)cn2c(N2CCOCC2)n1. The molecule has 1 aromatic carbocycles. The third-order valence-electron chi connectivity index (χ3n) is 6.72. The van der Waals surface area contributed by atoms with Crippen LogP contribution in [0.1, 0.15) is 20.8 Å². The van der Waals surface area contributed by atoms with Gasteiger partial charge in [0.25, 0.3) is 11.8 Å². The van der Waals surface area contributed by atoms with Crippen LogP contribution in [0, 0.1) is 0 Å².